The van der Waals surface area contributed by atoms with Crippen molar-refractivity contribution >= 4 is 0 Å². The van der Waals surface area contributed by atoms with Gasteiger partial charge >= 0.3 is 0 Å². The van der Waals surface area contributed by atoms with E-state index in [-0.39, 0.29) is 12.0 Å². The molecule has 2 N–H and O–H groups in total. The predicted molar refractivity (Wildman–Crippen MR) is 73.1 cm³/mol. The monoisotopic (exact) mass is 271 g/mol. The Morgan fingerprint density at radius 1 is 1.05 bits per heavy atom. The van der Waals surface area contributed by atoms with Gasteiger partial charge in [0.2, 0.25) is 0 Å². The molecule has 0 bridgehead atoms. The lowest BCUT2D eigenvalue weighted by Gasteiger charge is -2.27. The largest absolute Gasteiger partial charge is 0.390 e. The van der Waals surface area contributed by atoms with Gasteiger partial charge in [-0.2, -0.15) is 0 Å². The Morgan fingerprint density at radius 2 is 1.58 bits per heavy atom. The highest BCUT2D eigenvalue weighted by Crippen LogP contribution is 2.18. The van der Waals surface area contributed by atoms with Crippen LogP contribution in [-0.2, 0) is 6.42 Å². The van der Waals surface area contributed by atoms with Gasteiger partial charge in [-0.25, -0.2) is 8.78 Å². The number of nitrogens with one attached hydrogen (secondary N) is 1. The van der Waals surface area contributed by atoms with Gasteiger partial charge in [0, 0.05) is 18.0 Å². The van der Waals surface area contributed by atoms with Crippen LogP contribution in [0.3, 0.4) is 0 Å². The molecule has 108 valence electrons. The van der Waals surface area contributed by atoms with Crippen molar-refractivity contribution in [2.24, 2.45) is 0 Å². The minimum atomic E-state index is -0.988. The maximum Gasteiger partial charge on any atom is 0.126 e. The number of rotatable bonds is 5. The van der Waals surface area contributed by atoms with E-state index in [2.05, 4.69) is 5.32 Å². The highest BCUT2D eigenvalue weighted by Gasteiger charge is 2.22. The predicted octanol–water partition coefficient (Wildman–Crippen LogP) is 3.04. The van der Waals surface area contributed by atoms with Gasteiger partial charge in [0.25, 0.3) is 0 Å². The number of hydrogen-bond acceptors (Lipinski definition) is 2. The first kappa shape index (κ1) is 16.1. The first-order valence-corrected chi connectivity index (χ1v) is 6.50. The summed E-state index contributed by atoms with van der Waals surface area (Å²) in [7, 11) is 0. The summed E-state index contributed by atoms with van der Waals surface area (Å²) in [5, 5.41) is 13.5. The van der Waals surface area contributed by atoms with Gasteiger partial charge in [0.05, 0.1) is 5.60 Å². The summed E-state index contributed by atoms with van der Waals surface area (Å²) < 4.78 is 26.2. The second-order valence-electron chi connectivity index (χ2n) is 6.38. The second kappa shape index (κ2) is 5.97. The summed E-state index contributed by atoms with van der Waals surface area (Å²) in [4.78, 5) is 0. The molecule has 0 heterocycles. The first-order chi connectivity index (χ1) is 8.57. The van der Waals surface area contributed by atoms with E-state index < -0.39 is 17.2 Å². The molecule has 0 aliphatic rings. The zero-order chi connectivity index (χ0) is 14.7. The lowest BCUT2D eigenvalue weighted by molar-refractivity contribution is 0.0498. The number of benzene rings is 1. The third-order valence-electron chi connectivity index (χ3n) is 2.83. The third kappa shape index (κ3) is 6.64. The molecule has 2 nitrogen and oxygen atoms in total. The Labute approximate surface area is 113 Å². The average Bonchev–Trinajstić information content (AvgIpc) is 2.11. The molecule has 1 rings (SSSR count). The van der Waals surface area contributed by atoms with Crippen LogP contribution in [0.2, 0.25) is 0 Å². The van der Waals surface area contributed by atoms with Crippen molar-refractivity contribution < 1.29 is 13.9 Å². The summed E-state index contributed by atoms with van der Waals surface area (Å²) in [6, 6.07) is 3.35. The highest BCUT2D eigenvalue weighted by molar-refractivity contribution is 5.19. The van der Waals surface area contributed by atoms with Crippen LogP contribution in [-0.4, -0.2) is 22.8 Å². The molecule has 0 radical (unpaired) electrons. The van der Waals surface area contributed by atoms with Crippen LogP contribution in [0.5, 0.6) is 0 Å². The molecule has 0 aromatic heterocycles. The molecule has 0 saturated carbocycles. The molecular formula is C15H23F2NO. The van der Waals surface area contributed by atoms with E-state index in [0.717, 1.165) is 6.07 Å². The molecule has 0 aliphatic carbocycles. The summed E-state index contributed by atoms with van der Waals surface area (Å²) in [6.45, 7) is 8.46. The molecule has 1 unspecified atom stereocenters. The fourth-order valence-corrected chi connectivity index (χ4v) is 1.95. The molecule has 1 aromatic carbocycles. The number of aliphatic hydroxyl groups is 1. The quantitative estimate of drug-likeness (QED) is 0.862. The summed E-state index contributed by atoms with van der Waals surface area (Å²) in [6.07, 6.45) is 0.746. The van der Waals surface area contributed by atoms with Crippen LogP contribution in [0.15, 0.2) is 18.2 Å². The molecule has 0 saturated heterocycles. The zero-order valence-electron chi connectivity index (χ0n) is 12.1. The SMILES string of the molecule is CC(O)(CCNC(C)(C)C)Cc1cc(F)cc(F)c1. The standard InChI is InChI=1S/C15H23F2NO/c1-14(2,3)18-6-5-15(4,19)10-11-7-12(16)9-13(17)8-11/h7-9,18-19H,5-6,10H2,1-4H3. The van der Waals surface area contributed by atoms with Crippen molar-refractivity contribution in [2.45, 2.75) is 51.7 Å². The molecule has 1 atom stereocenters. The summed E-state index contributed by atoms with van der Waals surface area (Å²) >= 11 is 0. The lowest BCUT2D eigenvalue weighted by Crippen LogP contribution is -2.40. The van der Waals surface area contributed by atoms with Gasteiger partial charge in [-0.1, -0.05) is 0 Å². The molecule has 0 spiro atoms. The maximum atomic E-state index is 13.1. The molecule has 1 aromatic rings. The van der Waals surface area contributed by atoms with Crippen molar-refractivity contribution in [3.63, 3.8) is 0 Å². The van der Waals surface area contributed by atoms with Gasteiger partial charge < -0.3 is 10.4 Å². The highest BCUT2D eigenvalue weighted by atomic mass is 19.1. The fraction of sp³-hybridized carbons (Fsp3) is 0.600. The maximum absolute atomic E-state index is 13.1. The van der Waals surface area contributed by atoms with Crippen LogP contribution in [0.4, 0.5) is 8.78 Å². The van der Waals surface area contributed by atoms with Crippen LogP contribution in [0, 0.1) is 11.6 Å². The Kier molecular flexibility index (Phi) is 5.04. The van der Waals surface area contributed by atoms with Gasteiger partial charge in [0.15, 0.2) is 0 Å². The van der Waals surface area contributed by atoms with Crippen molar-refractivity contribution in [1.82, 2.24) is 5.32 Å². The van der Waals surface area contributed by atoms with Gasteiger partial charge in [-0.05, 0) is 58.4 Å². The van der Waals surface area contributed by atoms with E-state index in [1.165, 1.54) is 12.1 Å². The second-order valence-corrected chi connectivity index (χ2v) is 6.38. The fourth-order valence-electron chi connectivity index (χ4n) is 1.95. The molecule has 0 amide bonds. The van der Waals surface area contributed by atoms with Crippen molar-refractivity contribution in [1.29, 1.82) is 0 Å². The molecule has 19 heavy (non-hydrogen) atoms. The van der Waals surface area contributed by atoms with E-state index in [9.17, 15) is 13.9 Å². The summed E-state index contributed by atoms with van der Waals surface area (Å²) in [5.41, 5.74) is -0.530. The smallest absolute Gasteiger partial charge is 0.126 e. The molecular weight excluding hydrogens is 248 g/mol. The topological polar surface area (TPSA) is 32.3 Å². The van der Waals surface area contributed by atoms with E-state index in [0.29, 0.717) is 18.5 Å². The number of hydrogen-bond donors (Lipinski definition) is 2. The number of halogens is 2. The Balaban J connectivity index is 2.58. The van der Waals surface area contributed by atoms with Crippen molar-refractivity contribution in [3.05, 3.63) is 35.4 Å². The van der Waals surface area contributed by atoms with E-state index in [1.54, 1.807) is 6.92 Å². The van der Waals surface area contributed by atoms with E-state index in [4.69, 9.17) is 0 Å². The Morgan fingerprint density at radius 3 is 2.05 bits per heavy atom. The summed E-state index contributed by atoms with van der Waals surface area (Å²) in [5.74, 6) is -1.22. The van der Waals surface area contributed by atoms with E-state index in [1.807, 2.05) is 20.8 Å². The van der Waals surface area contributed by atoms with Crippen molar-refractivity contribution in [3.8, 4) is 0 Å². The van der Waals surface area contributed by atoms with Crippen LogP contribution < -0.4 is 5.32 Å². The van der Waals surface area contributed by atoms with Gasteiger partial charge in [0.1, 0.15) is 11.6 Å². The molecule has 0 aliphatic heterocycles. The Bertz CT molecular complexity index is 404. The van der Waals surface area contributed by atoms with Gasteiger partial charge in [-0.15, -0.1) is 0 Å². The minimum Gasteiger partial charge on any atom is -0.390 e. The lowest BCUT2D eigenvalue weighted by atomic mass is 9.92. The normalized spacial score (nSPS) is 15.3. The third-order valence-corrected chi connectivity index (χ3v) is 2.83. The minimum absolute atomic E-state index is 0.0129. The zero-order valence-corrected chi connectivity index (χ0v) is 12.1. The van der Waals surface area contributed by atoms with Crippen LogP contribution >= 0.6 is 0 Å². The van der Waals surface area contributed by atoms with E-state index >= 15 is 0 Å². The van der Waals surface area contributed by atoms with Gasteiger partial charge in [-0.3, -0.25) is 0 Å². The van der Waals surface area contributed by atoms with Crippen LogP contribution in [0.25, 0.3) is 0 Å². The first-order valence-electron chi connectivity index (χ1n) is 6.50. The average molecular weight is 271 g/mol. The van der Waals surface area contributed by atoms with Crippen LogP contribution in [0.1, 0.15) is 39.7 Å². The van der Waals surface area contributed by atoms with Crippen molar-refractivity contribution in [2.75, 3.05) is 6.54 Å². The Hall–Kier alpha value is -1.00. The molecule has 4 heteroatoms. The molecule has 0 fully saturated rings.